The van der Waals surface area contributed by atoms with Crippen molar-refractivity contribution >= 4 is 37.5 Å². The summed E-state index contributed by atoms with van der Waals surface area (Å²) >= 11 is 6.77. The van der Waals surface area contributed by atoms with E-state index in [2.05, 4.69) is 31.9 Å². The molecule has 0 radical (unpaired) electrons. The number of rotatable bonds is 2. The van der Waals surface area contributed by atoms with Crippen LogP contribution < -0.4 is 0 Å². The van der Waals surface area contributed by atoms with Crippen molar-refractivity contribution in [2.45, 2.75) is 38.0 Å². The number of nitro groups is 1. The molecule has 17 heavy (non-hydrogen) atoms. The molecule has 0 N–H and O–H groups in total. The Kier molecular flexibility index (Phi) is 4.20. The van der Waals surface area contributed by atoms with Gasteiger partial charge < -0.3 is 0 Å². The molecule has 92 valence electrons. The summed E-state index contributed by atoms with van der Waals surface area (Å²) in [6.45, 7) is 0. The molecule has 0 unspecified atom stereocenters. The molecule has 1 saturated carbocycles. The summed E-state index contributed by atoms with van der Waals surface area (Å²) in [6.07, 6.45) is 5.70. The van der Waals surface area contributed by atoms with Crippen molar-refractivity contribution < 1.29 is 4.92 Å². The predicted octanol–water partition coefficient (Wildman–Crippen LogP) is 5.17. The van der Waals surface area contributed by atoms with Crippen LogP contribution in [0.2, 0.25) is 0 Å². The van der Waals surface area contributed by atoms with Gasteiger partial charge in [-0.2, -0.15) is 0 Å². The molecule has 3 nitrogen and oxygen atoms in total. The molecule has 0 amide bonds. The summed E-state index contributed by atoms with van der Waals surface area (Å²) < 4.78 is 1.60. The smallest absolute Gasteiger partial charge is 0.258 e. The molecule has 0 bridgehead atoms. The highest BCUT2D eigenvalue weighted by Crippen LogP contribution is 2.42. The van der Waals surface area contributed by atoms with E-state index in [1.807, 2.05) is 6.07 Å². The van der Waals surface area contributed by atoms with Crippen molar-refractivity contribution in [3.8, 4) is 0 Å². The molecule has 0 saturated heterocycles. The van der Waals surface area contributed by atoms with Crippen LogP contribution in [0.1, 0.15) is 43.6 Å². The van der Waals surface area contributed by atoms with Crippen LogP contribution in [0.25, 0.3) is 0 Å². The lowest BCUT2D eigenvalue weighted by molar-refractivity contribution is -0.385. The summed E-state index contributed by atoms with van der Waals surface area (Å²) in [7, 11) is 0. The molecule has 1 aromatic carbocycles. The van der Waals surface area contributed by atoms with E-state index in [4.69, 9.17) is 0 Å². The summed E-state index contributed by atoms with van der Waals surface area (Å²) in [4.78, 5) is 10.9. The molecular formula is C12H13Br2NO2. The monoisotopic (exact) mass is 361 g/mol. The minimum absolute atomic E-state index is 0.234. The van der Waals surface area contributed by atoms with Gasteiger partial charge in [0.1, 0.15) is 0 Å². The number of nitrogens with zero attached hydrogens (tertiary/aromatic N) is 1. The molecule has 0 spiro atoms. The van der Waals surface area contributed by atoms with E-state index in [1.54, 1.807) is 6.07 Å². The molecular weight excluding hydrogens is 350 g/mol. The van der Waals surface area contributed by atoms with Gasteiger partial charge in [-0.1, -0.05) is 51.1 Å². The van der Waals surface area contributed by atoms with Crippen LogP contribution in [0.4, 0.5) is 5.69 Å². The fourth-order valence-electron chi connectivity index (χ4n) is 2.52. The second-order valence-electron chi connectivity index (χ2n) is 4.41. The van der Waals surface area contributed by atoms with Gasteiger partial charge in [0.05, 0.1) is 4.92 Å². The van der Waals surface area contributed by atoms with E-state index in [9.17, 15) is 10.1 Å². The Morgan fingerprint density at radius 3 is 2.41 bits per heavy atom. The fourth-order valence-corrected chi connectivity index (χ4v) is 4.04. The van der Waals surface area contributed by atoms with Gasteiger partial charge >= 0.3 is 0 Å². The topological polar surface area (TPSA) is 43.1 Å². The molecule has 1 aromatic rings. The normalized spacial score (nSPS) is 17.1. The highest BCUT2D eigenvalue weighted by Gasteiger charge is 2.26. The molecule has 1 aliphatic carbocycles. The Morgan fingerprint density at radius 1 is 1.18 bits per heavy atom. The third-order valence-corrected chi connectivity index (χ3v) is 4.40. The zero-order valence-corrected chi connectivity index (χ0v) is 12.5. The Labute approximate surface area is 117 Å². The molecule has 1 fully saturated rings. The summed E-state index contributed by atoms with van der Waals surface area (Å²) in [5, 5.41) is 11.1. The van der Waals surface area contributed by atoms with E-state index < -0.39 is 0 Å². The molecule has 0 atom stereocenters. The lowest BCUT2D eigenvalue weighted by atomic mass is 9.83. The highest BCUT2D eigenvalue weighted by atomic mass is 79.9. The van der Waals surface area contributed by atoms with Crippen molar-refractivity contribution in [2.24, 2.45) is 0 Å². The van der Waals surface area contributed by atoms with Crippen LogP contribution in [-0.2, 0) is 0 Å². The van der Waals surface area contributed by atoms with Crippen molar-refractivity contribution in [3.05, 3.63) is 36.8 Å². The van der Waals surface area contributed by atoms with Gasteiger partial charge in [0.15, 0.2) is 0 Å². The van der Waals surface area contributed by atoms with Gasteiger partial charge in [0.2, 0.25) is 0 Å². The Morgan fingerprint density at radius 2 is 1.82 bits per heavy atom. The predicted molar refractivity (Wildman–Crippen MR) is 74.3 cm³/mol. The van der Waals surface area contributed by atoms with E-state index >= 15 is 0 Å². The summed E-state index contributed by atoms with van der Waals surface area (Å²) in [5.41, 5.74) is 1.11. The number of hydrogen-bond acceptors (Lipinski definition) is 2. The largest absolute Gasteiger partial charge is 0.275 e. The zero-order valence-electron chi connectivity index (χ0n) is 9.29. The Balaban J connectivity index is 2.46. The van der Waals surface area contributed by atoms with E-state index in [0.29, 0.717) is 5.92 Å². The van der Waals surface area contributed by atoms with E-state index in [-0.39, 0.29) is 10.6 Å². The molecule has 0 aromatic heterocycles. The van der Waals surface area contributed by atoms with Crippen LogP contribution in [0.5, 0.6) is 0 Å². The van der Waals surface area contributed by atoms with Gasteiger partial charge in [0.25, 0.3) is 5.69 Å². The van der Waals surface area contributed by atoms with E-state index in [1.165, 1.54) is 19.3 Å². The van der Waals surface area contributed by atoms with Crippen LogP contribution in [0.3, 0.4) is 0 Å². The summed E-state index contributed by atoms with van der Waals surface area (Å²) in [6, 6.07) is 3.51. The fraction of sp³-hybridized carbons (Fsp3) is 0.500. The quantitative estimate of drug-likeness (QED) is 0.538. The van der Waals surface area contributed by atoms with Crippen LogP contribution in [-0.4, -0.2) is 4.92 Å². The van der Waals surface area contributed by atoms with Gasteiger partial charge in [-0.15, -0.1) is 0 Å². The third-order valence-electron chi connectivity index (χ3n) is 3.28. The first-order chi connectivity index (χ1) is 8.09. The third kappa shape index (κ3) is 2.88. The first-order valence-electron chi connectivity index (χ1n) is 5.73. The van der Waals surface area contributed by atoms with Crippen LogP contribution >= 0.6 is 31.9 Å². The molecule has 0 heterocycles. The lowest BCUT2D eigenvalue weighted by Gasteiger charge is -2.22. The first kappa shape index (κ1) is 13.0. The first-order valence-corrected chi connectivity index (χ1v) is 7.31. The molecule has 5 heteroatoms. The van der Waals surface area contributed by atoms with Crippen LogP contribution in [0.15, 0.2) is 21.1 Å². The number of benzene rings is 1. The Hall–Kier alpha value is -0.420. The van der Waals surface area contributed by atoms with Crippen molar-refractivity contribution in [3.63, 3.8) is 0 Å². The van der Waals surface area contributed by atoms with Crippen molar-refractivity contribution in [1.82, 2.24) is 0 Å². The SMILES string of the molecule is O=[N+]([O-])c1cc(Br)cc(Br)c1C1CCCCC1. The van der Waals surface area contributed by atoms with Crippen LogP contribution in [0, 0.1) is 10.1 Å². The second-order valence-corrected chi connectivity index (χ2v) is 6.18. The maximum atomic E-state index is 11.1. The van der Waals surface area contributed by atoms with Gasteiger partial charge in [-0.05, 0) is 24.8 Å². The van der Waals surface area contributed by atoms with Crippen molar-refractivity contribution in [1.29, 1.82) is 0 Å². The highest BCUT2D eigenvalue weighted by molar-refractivity contribution is 9.11. The number of hydrogen-bond donors (Lipinski definition) is 0. The maximum Gasteiger partial charge on any atom is 0.275 e. The summed E-state index contributed by atoms with van der Waals surface area (Å²) in [5.74, 6) is 0.326. The molecule has 1 aliphatic rings. The molecule has 2 rings (SSSR count). The zero-order chi connectivity index (χ0) is 12.4. The average molecular weight is 363 g/mol. The van der Waals surface area contributed by atoms with Gasteiger partial charge in [-0.3, -0.25) is 10.1 Å². The lowest BCUT2D eigenvalue weighted by Crippen LogP contribution is -2.08. The van der Waals surface area contributed by atoms with Gasteiger partial charge in [0, 0.05) is 20.6 Å². The Bertz CT molecular complexity index is 442. The number of halogens is 2. The van der Waals surface area contributed by atoms with E-state index in [0.717, 1.165) is 27.4 Å². The second kappa shape index (κ2) is 5.48. The molecule has 0 aliphatic heterocycles. The number of nitro benzene ring substituents is 1. The average Bonchev–Trinajstić information content (AvgIpc) is 2.29. The minimum Gasteiger partial charge on any atom is -0.258 e. The maximum absolute atomic E-state index is 11.1. The minimum atomic E-state index is -0.278. The standard InChI is InChI=1S/C12H13Br2NO2/c13-9-6-10(14)12(11(7-9)15(16)17)8-4-2-1-3-5-8/h6-8H,1-5H2. The van der Waals surface area contributed by atoms with Crippen molar-refractivity contribution in [2.75, 3.05) is 0 Å². The van der Waals surface area contributed by atoms with Gasteiger partial charge in [-0.25, -0.2) is 0 Å².